The van der Waals surface area contributed by atoms with Crippen molar-refractivity contribution < 1.29 is 0 Å². The quantitative estimate of drug-likeness (QED) is 0.518. The summed E-state index contributed by atoms with van der Waals surface area (Å²) in [5, 5.41) is 0. The maximum absolute atomic E-state index is 2.39. The molecule has 0 unspecified atom stereocenters. The third-order valence-corrected chi connectivity index (χ3v) is 2.23. The molecule has 0 aromatic heterocycles. The topological polar surface area (TPSA) is 0 Å². The largest absolute Gasteiger partial charge is 0.0845 e. The van der Waals surface area contributed by atoms with E-state index >= 15 is 0 Å². The van der Waals surface area contributed by atoms with Crippen LogP contribution in [-0.4, -0.2) is 0 Å². The van der Waals surface area contributed by atoms with Gasteiger partial charge in [0, 0.05) is 0 Å². The van der Waals surface area contributed by atoms with Gasteiger partial charge in [0.15, 0.2) is 0 Å². The highest BCUT2D eigenvalue weighted by Gasteiger charge is 2.03. The molecule has 0 aliphatic heterocycles. The average Bonchev–Trinajstić information content (AvgIpc) is 2.05. The van der Waals surface area contributed by atoms with E-state index in [1.165, 1.54) is 31.3 Å². The Morgan fingerprint density at radius 2 is 2.30 bits per heavy atom. The second kappa shape index (κ2) is 3.60. The highest BCUT2D eigenvalue weighted by atomic mass is 14.1. The zero-order valence-corrected chi connectivity index (χ0v) is 6.98. The normalized spacial score (nSPS) is 20.6. The molecule has 0 heteroatoms. The van der Waals surface area contributed by atoms with Gasteiger partial charge in [-0.25, -0.2) is 0 Å². The van der Waals surface area contributed by atoms with Crippen LogP contribution in [0.3, 0.4) is 0 Å². The number of rotatable bonds is 1. The molecule has 0 aromatic rings. The van der Waals surface area contributed by atoms with Gasteiger partial charge in [-0.3, -0.25) is 0 Å². The minimum atomic E-state index is 1.29. The third kappa shape index (κ3) is 1.73. The first-order valence-electron chi connectivity index (χ1n) is 4.17. The minimum Gasteiger partial charge on any atom is -0.0845 e. The van der Waals surface area contributed by atoms with Crippen LogP contribution in [-0.2, 0) is 0 Å². The minimum absolute atomic E-state index is 1.29. The van der Waals surface area contributed by atoms with Crippen molar-refractivity contribution in [1.29, 1.82) is 0 Å². The standard InChI is InChI=1S/C10H16/c1-3-9(2)10-7-5-4-6-8-10/h3,7H,4-6,8H2,1-2H3. The summed E-state index contributed by atoms with van der Waals surface area (Å²) in [5.74, 6) is 0. The number of allylic oxidation sites excluding steroid dienone is 4. The molecule has 0 fully saturated rings. The highest BCUT2D eigenvalue weighted by molar-refractivity contribution is 5.29. The Morgan fingerprint density at radius 3 is 2.80 bits per heavy atom. The van der Waals surface area contributed by atoms with E-state index in [0.717, 1.165) is 0 Å². The van der Waals surface area contributed by atoms with E-state index < -0.39 is 0 Å². The molecule has 1 aliphatic carbocycles. The average molecular weight is 136 g/mol. The van der Waals surface area contributed by atoms with Gasteiger partial charge in [0.25, 0.3) is 0 Å². The lowest BCUT2D eigenvalue weighted by Crippen LogP contribution is -1.92. The van der Waals surface area contributed by atoms with Crippen molar-refractivity contribution in [2.75, 3.05) is 0 Å². The van der Waals surface area contributed by atoms with E-state index in [2.05, 4.69) is 26.0 Å². The molecule has 10 heavy (non-hydrogen) atoms. The Hall–Kier alpha value is -0.520. The molecule has 1 aliphatic rings. The van der Waals surface area contributed by atoms with E-state index in [-0.39, 0.29) is 0 Å². The van der Waals surface area contributed by atoms with E-state index in [1.54, 1.807) is 5.57 Å². The van der Waals surface area contributed by atoms with Gasteiger partial charge in [0.2, 0.25) is 0 Å². The lowest BCUT2D eigenvalue weighted by molar-refractivity contribution is 0.706. The fraction of sp³-hybridized carbons (Fsp3) is 0.600. The summed E-state index contributed by atoms with van der Waals surface area (Å²) in [7, 11) is 0. The van der Waals surface area contributed by atoms with Gasteiger partial charge in [-0.2, -0.15) is 0 Å². The summed E-state index contributed by atoms with van der Waals surface area (Å²) in [6.07, 6.45) is 9.96. The van der Waals surface area contributed by atoms with E-state index in [9.17, 15) is 0 Å². The molecule has 0 heterocycles. The van der Waals surface area contributed by atoms with Gasteiger partial charge >= 0.3 is 0 Å². The van der Waals surface area contributed by atoms with Crippen molar-refractivity contribution in [1.82, 2.24) is 0 Å². The number of hydrogen-bond donors (Lipinski definition) is 0. The van der Waals surface area contributed by atoms with Gasteiger partial charge in [0.1, 0.15) is 0 Å². The van der Waals surface area contributed by atoms with Crippen molar-refractivity contribution in [3.63, 3.8) is 0 Å². The second-order valence-electron chi connectivity index (χ2n) is 2.95. The van der Waals surface area contributed by atoms with Crippen LogP contribution >= 0.6 is 0 Å². The molecule has 0 aromatic carbocycles. The van der Waals surface area contributed by atoms with Gasteiger partial charge in [-0.1, -0.05) is 17.7 Å². The SMILES string of the molecule is CC=C(C)C1=CCCCC1. The van der Waals surface area contributed by atoms with Crippen LogP contribution in [0.25, 0.3) is 0 Å². The summed E-state index contributed by atoms with van der Waals surface area (Å²) in [6, 6.07) is 0. The fourth-order valence-corrected chi connectivity index (χ4v) is 1.38. The molecular weight excluding hydrogens is 120 g/mol. The smallest absolute Gasteiger partial charge is 0.0279 e. The zero-order valence-electron chi connectivity index (χ0n) is 6.98. The van der Waals surface area contributed by atoms with Crippen LogP contribution in [0.4, 0.5) is 0 Å². The fourth-order valence-electron chi connectivity index (χ4n) is 1.38. The summed E-state index contributed by atoms with van der Waals surface area (Å²) < 4.78 is 0. The van der Waals surface area contributed by atoms with Gasteiger partial charge in [-0.15, -0.1) is 0 Å². The first-order valence-corrected chi connectivity index (χ1v) is 4.17. The molecule has 0 N–H and O–H groups in total. The van der Waals surface area contributed by atoms with Gasteiger partial charge < -0.3 is 0 Å². The van der Waals surface area contributed by atoms with Crippen molar-refractivity contribution in [3.8, 4) is 0 Å². The summed E-state index contributed by atoms with van der Waals surface area (Å²) in [5.41, 5.74) is 3.05. The van der Waals surface area contributed by atoms with Crippen LogP contribution in [0.2, 0.25) is 0 Å². The van der Waals surface area contributed by atoms with Crippen molar-refractivity contribution in [3.05, 3.63) is 23.3 Å². The Kier molecular flexibility index (Phi) is 2.73. The molecular formula is C10H16. The summed E-state index contributed by atoms with van der Waals surface area (Å²) >= 11 is 0. The number of hydrogen-bond acceptors (Lipinski definition) is 0. The van der Waals surface area contributed by atoms with Crippen LogP contribution in [0.5, 0.6) is 0 Å². The molecule has 0 saturated heterocycles. The molecule has 0 amide bonds. The Morgan fingerprint density at radius 1 is 1.50 bits per heavy atom. The maximum Gasteiger partial charge on any atom is -0.0279 e. The van der Waals surface area contributed by atoms with Crippen LogP contribution in [0.1, 0.15) is 39.5 Å². The summed E-state index contributed by atoms with van der Waals surface area (Å²) in [6.45, 7) is 4.32. The predicted molar refractivity (Wildman–Crippen MR) is 46.0 cm³/mol. The first-order chi connectivity index (χ1) is 4.84. The van der Waals surface area contributed by atoms with E-state index in [0.29, 0.717) is 0 Å². The maximum atomic E-state index is 2.39. The van der Waals surface area contributed by atoms with Crippen LogP contribution < -0.4 is 0 Å². The van der Waals surface area contributed by atoms with Crippen molar-refractivity contribution in [2.45, 2.75) is 39.5 Å². The monoisotopic (exact) mass is 136 g/mol. The highest BCUT2D eigenvalue weighted by Crippen LogP contribution is 2.22. The third-order valence-electron chi connectivity index (χ3n) is 2.23. The van der Waals surface area contributed by atoms with E-state index in [4.69, 9.17) is 0 Å². The van der Waals surface area contributed by atoms with Crippen molar-refractivity contribution in [2.24, 2.45) is 0 Å². The first kappa shape index (κ1) is 7.59. The Labute approximate surface area is 63.6 Å². The van der Waals surface area contributed by atoms with Gasteiger partial charge in [-0.05, 0) is 45.1 Å². The Balaban J connectivity index is 2.62. The van der Waals surface area contributed by atoms with Crippen molar-refractivity contribution >= 4 is 0 Å². The molecule has 56 valence electrons. The molecule has 1 rings (SSSR count). The predicted octanol–water partition coefficient (Wildman–Crippen LogP) is 3.45. The molecule has 0 radical (unpaired) electrons. The van der Waals surface area contributed by atoms with Gasteiger partial charge in [0.05, 0.1) is 0 Å². The zero-order chi connectivity index (χ0) is 7.40. The van der Waals surface area contributed by atoms with Crippen LogP contribution in [0, 0.1) is 0 Å². The molecule has 0 spiro atoms. The van der Waals surface area contributed by atoms with E-state index in [1.807, 2.05) is 0 Å². The lowest BCUT2D eigenvalue weighted by atomic mass is 9.94. The molecule has 0 saturated carbocycles. The molecule has 0 bridgehead atoms. The molecule has 0 nitrogen and oxygen atoms in total. The summed E-state index contributed by atoms with van der Waals surface area (Å²) in [4.78, 5) is 0. The second-order valence-corrected chi connectivity index (χ2v) is 2.95. The van der Waals surface area contributed by atoms with Crippen LogP contribution in [0.15, 0.2) is 23.3 Å². The Bertz CT molecular complexity index is 161. The lowest BCUT2D eigenvalue weighted by Gasteiger charge is -2.12. The molecule has 0 atom stereocenters.